The van der Waals surface area contributed by atoms with Crippen LogP contribution in [0.5, 0.6) is 0 Å². The van der Waals surface area contributed by atoms with Crippen LogP contribution in [-0.2, 0) is 15.6 Å². The van der Waals surface area contributed by atoms with E-state index in [-0.39, 0.29) is 0 Å². The van der Waals surface area contributed by atoms with E-state index in [0.717, 1.165) is 6.07 Å². The largest absolute Gasteiger partial charge is 0.462 e. The minimum Gasteiger partial charge on any atom is -0.403 e. The Morgan fingerprint density at radius 3 is 2.05 bits per heavy atom. The number of rotatable bonds is 2. The zero-order chi connectivity index (χ0) is 14.4. The number of halogens is 3. The summed E-state index contributed by atoms with van der Waals surface area (Å²) < 4.78 is 38.5. The molecule has 0 unspecified atom stereocenters. The maximum atomic E-state index is 13.3. The lowest BCUT2D eigenvalue weighted by Crippen LogP contribution is -2.41. The summed E-state index contributed by atoms with van der Waals surface area (Å²) in [5.41, 5.74) is -0.233. The summed E-state index contributed by atoms with van der Waals surface area (Å²) in [6.07, 6.45) is 0.366. The minimum atomic E-state index is -0.871. The Morgan fingerprint density at radius 2 is 1.53 bits per heavy atom. The third-order valence-corrected chi connectivity index (χ3v) is 4.52. The summed E-state index contributed by atoms with van der Waals surface area (Å²) in [6, 6.07) is 2.29. The molecule has 1 aliphatic heterocycles. The van der Waals surface area contributed by atoms with Gasteiger partial charge in [0.1, 0.15) is 0 Å². The van der Waals surface area contributed by atoms with Crippen molar-refractivity contribution in [3.63, 3.8) is 0 Å². The lowest BCUT2D eigenvalue weighted by atomic mass is 9.81. The molecule has 1 fully saturated rings. The van der Waals surface area contributed by atoms with Gasteiger partial charge in [0, 0.05) is 10.8 Å². The van der Waals surface area contributed by atoms with E-state index in [1.54, 1.807) is 0 Å². The normalized spacial score (nSPS) is 20.9. The molecule has 0 amide bonds. The van der Waals surface area contributed by atoms with E-state index in [4.69, 9.17) is 9.31 Å². The second-order valence-electron chi connectivity index (χ2n) is 5.75. The molecule has 0 radical (unpaired) electrons. The summed E-state index contributed by atoms with van der Waals surface area (Å²) in [5, 5.41) is 0. The molecule has 6 heteroatoms. The smallest absolute Gasteiger partial charge is 0.403 e. The Balaban J connectivity index is 2.18. The maximum absolute atomic E-state index is 13.3. The quantitative estimate of drug-likeness (QED) is 0.604. The summed E-state index contributed by atoms with van der Waals surface area (Å²) in [5.74, 6) is -1.74. The lowest BCUT2D eigenvalue weighted by Gasteiger charge is -2.32. The van der Waals surface area contributed by atoms with Gasteiger partial charge in [-0.2, -0.15) is 0 Å². The van der Waals surface area contributed by atoms with E-state index in [1.807, 2.05) is 27.7 Å². The van der Waals surface area contributed by atoms with Gasteiger partial charge in [-0.15, -0.1) is 0 Å². The Hall–Kier alpha value is -0.455. The van der Waals surface area contributed by atoms with Gasteiger partial charge < -0.3 is 9.31 Å². The molecule has 1 heterocycles. The third kappa shape index (κ3) is 2.85. The van der Waals surface area contributed by atoms with E-state index in [9.17, 15) is 8.78 Å². The molecule has 0 aliphatic carbocycles. The topological polar surface area (TPSA) is 18.5 Å². The molecule has 1 aromatic rings. The molecule has 1 aliphatic rings. The average molecular weight is 333 g/mol. The third-order valence-electron chi connectivity index (χ3n) is 3.78. The average Bonchev–Trinajstić information content (AvgIpc) is 2.43. The number of hydrogen-bond donors (Lipinski definition) is 0. The summed E-state index contributed by atoms with van der Waals surface area (Å²) in [4.78, 5) is 0. The van der Waals surface area contributed by atoms with Crippen molar-refractivity contribution in [2.75, 3.05) is 0 Å². The van der Waals surface area contributed by atoms with Gasteiger partial charge in [-0.05, 0) is 45.4 Å². The SMILES string of the molecule is CC1(C)OB(Cc2cc(F)c(F)cc2Br)OC1(C)C. The van der Waals surface area contributed by atoms with Crippen LogP contribution >= 0.6 is 15.9 Å². The van der Waals surface area contributed by atoms with Crippen LogP contribution in [-0.4, -0.2) is 18.3 Å². The molecule has 0 bridgehead atoms. The van der Waals surface area contributed by atoms with Gasteiger partial charge in [0.2, 0.25) is 0 Å². The van der Waals surface area contributed by atoms with Crippen LogP contribution in [0.15, 0.2) is 16.6 Å². The molecule has 0 N–H and O–H groups in total. The van der Waals surface area contributed by atoms with Gasteiger partial charge in [0.05, 0.1) is 11.2 Å². The van der Waals surface area contributed by atoms with E-state index >= 15 is 0 Å². The molecule has 0 atom stereocenters. The van der Waals surface area contributed by atoms with Crippen LogP contribution in [0.2, 0.25) is 0 Å². The van der Waals surface area contributed by atoms with Gasteiger partial charge in [-0.25, -0.2) is 8.78 Å². The standard InChI is InChI=1S/C13H16BBrF2O2/c1-12(2)13(3,4)19-14(18-12)7-8-5-10(16)11(17)6-9(8)15/h5-6H,7H2,1-4H3. The highest BCUT2D eigenvalue weighted by molar-refractivity contribution is 9.10. The highest BCUT2D eigenvalue weighted by atomic mass is 79.9. The van der Waals surface area contributed by atoms with Crippen molar-refractivity contribution in [3.05, 3.63) is 33.8 Å². The molecule has 1 saturated heterocycles. The lowest BCUT2D eigenvalue weighted by molar-refractivity contribution is 0.00578. The summed E-state index contributed by atoms with van der Waals surface area (Å²) >= 11 is 3.23. The molecule has 1 aromatic carbocycles. The van der Waals surface area contributed by atoms with Gasteiger partial charge >= 0.3 is 7.12 Å². The predicted molar refractivity (Wildman–Crippen MR) is 73.8 cm³/mol. The van der Waals surface area contributed by atoms with E-state index in [2.05, 4.69) is 15.9 Å². The van der Waals surface area contributed by atoms with E-state index < -0.39 is 30.0 Å². The van der Waals surface area contributed by atoms with Crippen molar-refractivity contribution in [2.45, 2.75) is 45.2 Å². The summed E-state index contributed by atoms with van der Waals surface area (Å²) in [7, 11) is -0.467. The van der Waals surface area contributed by atoms with Crippen LogP contribution in [0.4, 0.5) is 8.78 Å². The fourth-order valence-electron chi connectivity index (χ4n) is 1.95. The molecule has 2 rings (SSSR count). The molecular weight excluding hydrogens is 317 g/mol. The van der Waals surface area contributed by atoms with Crippen molar-refractivity contribution in [1.29, 1.82) is 0 Å². The van der Waals surface area contributed by atoms with Gasteiger partial charge in [0.25, 0.3) is 0 Å². The van der Waals surface area contributed by atoms with Gasteiger partial charge in [-0.3, -0.25) is 0 Å². The highest BCUT2D eigenvalue weighted by Crippen LogP contribution is 2.38. The maximum Gasteiger partial charge on any atom is 0.462 e. The molecule has 19 heavy (non-hydrogen) atoms. The zero-order valence-corrected chi connectivity index (χ0v) is 13.0. The van der Waals surface area contributed by atoms with Crippen LogP contribution in [0.1, 0.15) is 33.3 Å². The van der Waals surface area contributed by atoms with Gasteiger partial charge in [-0.1, -0.05) is 15.9 Å². The minimum absolute atomic E-state index is 0.366. The van der Waals surface area contributed by atoms with Crippen LogP contribution in [0, 0.1) is 11.6 Å². The first-order valence-corrected chi connectivity index (χ1v) is 6.91. The molecule has 104 valence electrons. The molecule has 0 aromatic heterocycles. The highest BCUT2D eigenvalue weighted by Gasteiger charge is 2.50. The molecule has 0 spiro atoms. The van der Waals surface area contributed by atoms with Crippen LogP contribution in [0.3, 0.4) is 0 Å². The van der Waals surface area contributed by atoms with Gasteiger partial charge in [0.15, 0.2) is 11.6 Å². The monoisotopic (exact) mass is 332 g/mol. The van der Waals surface area contributed by atoms with Crippen LogP contribution in [0.25, 0.3) is 0 Å². The molecular formula is C13H16BBrF2O2. The first kappa shape index (κ1) is 14.9. The van der Waals surface area contributed by atoms with Crippen molar-refractivity contribution in [2.24, 2.45) is 0 Å². The predicted octanol–water partition coefficient (Wildman–Crippen LogP) is 3.90. The van der Waals surface area contributed by atoms with Crippen molar-refractivity contribution >= 4 is 23.0 Å². The Morgan fingerprint density at radius 1 is 1.05 bits per heavy atom. The second-order valence-corrected chi connectivity index (χ2v) is 6.60. The molecule has 0 saturated carbocycles. The second kappa shape index (κ2) is 4.83. The zero-order valence-electron chi connectivity index (χ0n) is 11.4. The first-order valence-electron chi connectivity index (χ1n) is 6.11. The van der Waals surface area contributed by atoms with Crippen molar-refractivity contribution < 1.29 is 18.1 Å². The number of benzene rings is 1. The number of hydrogen-bond acceptors (Lipinski definition) is 2. The Bertz CT molecular complexity index is 490. The fraction of sp³-hybridized carbons (Fsp3) is 0.538. The molecule has 2 nitrogen and oxygen atoms in total. The van der Waals surface area contributed by atoms with Crippen molar-refractivity contribution in [3.8, 4) is 0 Å². The first-order chi connectivity index (χ1) is 8.62. The van der Waals surface area contributed by atoms with E-state index in [0.29, 0.717) is 16.4 Å². The Kier molecular flexibility index (Phi) is 3.80. The summed E-state index contributed by atoms with van der Waals surface area (Å²) in [6.45, 7) is 7.81. The van der Waals surface area contributed by atoms with Crippen molar-refractivity contribution in [1.82, 2.24) is 0 Å². The fourth-order valence-corrected chi connectivity index (χ4v) is 2.43. The van der Waals surface area contributed by atoms with E-state index in [1.165, 1.54) is 6.07 Å². The van der Waals surface area contributed by atoms with Crippen LogP contribution < -0.4 is 0 Å². The Labute approximate surface area is 120 Å².